The summed E-state index contributed by atoms with van der Waals surface area (Å²) < 4.78 is 0. The van der Waals surface area contributed by atoms with Crippen molar-refractivity contribution in [3.8, 4) is 0 Å². The minimum atomic E-state index is 1.07. The molecule has 0 unspecified atom stereocenters. The predicted molar refractivity (Wildman–Crippen MR) is 60.7 cm³/mol. The van der Waals surface area contributed by atoms with Crippen molar-refractivity contribution < 1.29 is 0 Å². The number of fused-ring (bicyclic) bond motifs is 1. The van der Waals surface area contributed by atoms with E-state index in [2.05, 4.69) is 30.4 Å². The van der Waals surface area contributed by atoms with Crippen molar-refractivity contribution in [3.05, 3.63) is 34.9 Å². The maximum absolute atomic E-state index is 3.36. The summed E-state index contributed by atoms with van der Waals surface area (Å²) in [6, 6.07) is 7.02. The number of rotatable bonds is 4. The van der Waals surface area contributed by atoms with Crippen LogP contribution in [0.5, 0.6) is 0 Å². The Kier molecular flexibility index (Phi) is 3.20. The average molecular weight is 189 g/mol. The van der Waals surface area contributed by atoms with E-state index in [1.54, 1.807) is 11.1 Å². The van der Waals surface area contributed by atoms with Crippen molar-refractivity contribution in [3.63, 3.8) is 0 Å². The van der Waals surface area contributed by atoms with E-state index in [4.69, 9.17) is 0 Å². The van der Waals surface area contributed by atoms with Gasteiger partial charge in [0.1, 0.15) is 0 Å². The van der Waals surface area contributed by atoms with Gasteiger partial charge >= 0.3 is 0 Å². The van der Waals surface area contributed by atoms with Gasteiger partial charge in [0, 0.05) is 0 Å². The molecule has 1 heteroatoms. The topological polar surface area (TPSA) is 12.0 Å². The van der Waals surface area contributed by atoms with Crippen LogP contribution >= 0.6 is 0 Å². The van der Waals surface area contributed by atoms with Crippen molar-refractivity contribution in [2.75, 3.05) is 13.1 Å². The van der Waals surface area contributed by atoms with Crippen LogP contribution < -0.4 is 5.32 Å². The Morgan fingerprint density at radius 1 is 1.21 bits per heavy atom. The fourth-order valence-electron chi connectivity index (χ4n) is 2.19. The molecule has 0 saturated heterocycles. The Hall–Kier alpha value is -0.820. The Bertz CT molecular complexity index is 304. The molecule has 0 saturated carbocycles. The molecule has 2 rings (SSSR count). The van der Waals surface area contributed by atoms with Gasteiger partial charge in [-0.3, -0.25) is 0 Å². The van der Waals surface area contributed by atoms with Crippen molar-refractivity contribution in [2.45, 2.75) is 32.6 Å². The second-order valence-corrected chi connectivity index (χ2v) is 4.06. The molecule has 0 spiro atoms. The SMILES string of the molecule is CCNCCc1ccc2c(c1)CCC2. The van der Waals surface area contributed by atoms with Crippen LogP contribution in [0.1, 0.15) is 30.0 Å². The van der Waals surface area contributed by atoms with E-state index < -0.39 is 0 Å². The smallest absolute Gasteiger partial charge is 0.000847 e. The highest BCUT2D eigenvalue weighted by Crippen LogP contribution is 2.22. The first-order valence-corrected chi connectivity index (χ1v) is 5.71. The summed E-state index contributed by atoms with van der Waals surface area (Å²) in [5.74, 6) is 0. The predicted octanol–water partition coefficient (Wildman–Crippen LogP) is 2.33. The van der Waals surface area contributed by atoms with E-state index in [0.29, 0.717) is 0 Å². The second-order valence-electron chi connectivity index (χ2n) is 4.06. The lowest BCUT2D eigenvalue weighted by Gasteiger charge is -2.05. The van der Waals surface area contributed by atoms with Crippen LogP contribution in [0, 0.1) is 0 Å². The van der Waals surface area contributed by atoms with Gasteiger partial charge in [0.05, 0.1) is 0 Å². The van der Waals surface area contributed by atoms with Gasteiger partial charge in [-0.1, -0.05) is 25.1 Å². The van der Waals surface area contributed by atoms with Crippen LogP contribution in [-0.2, 0) is 19.3 Å². The van der Waals surface area contributed by atoms with Gasteiger partial charge in [-0.15, -0.1) is 0 Å². The third kappa shape index (κ3) is 2.16. The van der Waals surface area contributed by atoms with Crippen molar-refractivity contribution in [1.82, 2.24) is 5.32 Å². The highest BCUT2D eigenvalue weighted by Gasteiger charge is 2.10. The molecule has 1 N–H and O–H groups in total. The normalized spacial score (nSPS) is 14.4. The van der Waals surface area contributed by atoms with E-state index in [0.717, 1.165) is 13.1 Å². The van der Waals surface area contributed by atoms with E-state index in [1.807, 2.05) is 0 Å². The molecule has 1 aromatic carbocycles. The maximum atomic E-state index is 3.36. The van der Waals surface area contributed by atoms with Crippen LogP contribution in [0.3, 0.4) is 0 Å². The molecule has 0 aliphatic heterocycles. The Morgan fingerprint density at radius 2 is 2.07 bits per heavy atom. The molecule has 0 bridgehead atoms. The first-order valence-electron chi connectivity index (χ1n) is 5.71. The molecular formula is C13H19N. The van der Waals surface area contributed by atoms with Gasteiger partial charge in [-0.05, 0) is 55.5 Å². The van der Waals surface area contributed by atoms with Gasteiger partial charge in [-0.2, -0.15) is 0 Å². The van der Waals surface area contributed by atoms with Crippen LogP contribution in [-0.4, -0.2) is 13.1 Å². The summed E-state index contributed by atoms with van der Waals surface area (Å²) in [5, 5.41) is 3.36. The molecule has 0 radical (unpaired) electrons. The second kappa shape index (κ2) is 4.61. The molecule has 76 valence electrons. The summed E-state index contributed by atoms with van der Waals surface area (Å²) in [6.45, 7) is 4.34. The lowest BCUT2D eigenvalue weighted by molar-refractivity contribution is 0.716. The zero-order valence-corrected chi connectivity index (χ0v) is 8.97. The standard InChI is InChI=1S/C13H19N/c1-2-14-9-8-11-6-7-12-4-3-5-13(12)10-11/h6-7,10,14H,2-5,8-9H2,1H3. The van der Waals surface area contributed by atoms with Gasteiger partial charge in [0.15, 0.2) is 0 Å². The average Bonchev–Trinajstić information content (AvgIpc) is 2.65. The van der Waals surface area contributed by atoms with Crippen molar-refractivity contribution >= 4 is 0 Å². The number of aryl methyl sites for hydroxylation is 2. The van der Waals surface area contributed by atoms with Gasteiger partial charge < -0.3 is 5.32 Å². The van der Waals surface area contributed by atoms with Crippen molar-refractivity contribution in [2.24, 2.45) is 0 Å². The molecule has 1 aliphatic rings. The largest absolute Gasteiger partial charge is 0.317 e. The summed E-state index contributed by atoms with van der Waals surface area (Å²) in [4.78, 5) is 0. The first-order chi connectivity index (χ1) is 6.90. The van der Waals surface area contributed by atoms with Crippen LogP contribution in [0.15, 0.2) is 18.2 Å². The first kappa shape index (κ1) is 9.72. The lowest BCUT2D eigenvalue weighted by atomic mass is 10.0. The minimum absolute atomic E-state index is 1.07. The number of nitrogens with one attached hydrogen (secondary N) is 1. The van der Waals surface area contributed by atoms with E-state index in [9.17, 15) is 0 Å². The highest BCUT2D eigenvalue weighted by atomic mass is 14.8. The Morgan fingerprint density at radius 3 is 2.93 bits per heavy atom. The van der Waals surface area contributed by atoms with Crippen LogP contribution in [0.25, 0.3) is 0 Å². The van der Waals surface area contributed by atoms with E-state index >= 15 is 0 Å². The Labute approximate surface area is 86.5 Å². The van der Waals surface area contributed by atoms with Gasteiger partial charge in [0.25, 0.3) is 0 Å². The third-order valence-electron chi connectivity index (χ3n) is 3.00. The lowest BCUT2D eigenvalue weighted by Crippen LogP contribution is -2.16. The molecular weight excluding hydrogens is 170 g/mol. The fourth-order valence-corrected chi connectivity index (χ4v) is 2.19. The zero-order valence-electron chi connectivity index (χ0n) is 8.97. The molecule has 0 heterocycles. The number of likely N-dealkylation sites (N-methyl/N-ethyl adjacent to an activating group) is 1. The molecule has 1 nitrogen and oxygen atoms in total. The molecule has 0 amide bonds. The molecule has 1 aliphatic carbocycles. The van der Waals surface area contributed by atoms with E-state index in [-0.39, 0.29) is 0 Å². The summed E-state index contributed by atoms with van der Waals surface area (Å²) in [7, 11) is 0. The monoisotopic (exact) mass is 189 g/mol. The van der Waals surface area contributed by atoms with Crippen LogP contribution in [0.2, 0.25) is 0 Å². The van der Waals surface area contributed by atoms with Gasteiger partial charge in [0.2, 0.25) is 0 Å². The molecule has 0 atom stereocenters. The fraction of sp³-hybridized carbons (Fsp3) is 0.538. The van der Waals surface area contributed by atoms with Crippen LogP contribution in [0.4, 0.5) is 0 Å². The summed E-state index contributed by atoms with van der Waals surface area (Å²) in [5.41, 5.74) is 4.67. The van der Waals surface area contributed by atoms with Gasteiger partial charge in [-0.25, -0.2) is 0 Å². The third-order valence-corrected chi connectivity index (χ3v) is 3.00. The number of benzene rings is 1. The minimum Gasteiger partial charge on any atom is -0.317 e. The summed E-state index contributed by atoms with van der Waals surface area (Å²) >= 11 is 0. The molecule has 1 aromatic rings. The van der Waals surface area contributed by atoms with E-state index in [1.165, 1.54) is 31.2 Å². The molecule has 0 aromatic heterocycles. The molecule has 0 fully saturated rings. The molecule has 14 heavy (non-hydrogen) atoms. The number of hydrogen-bond donors (Lipinski definition) is 1. The Balaban J connectivity index is 1.98. The highest BCUT2D eigenvalue weighted by molar-refractivity contribution is 5.35. The maximum Gasteiger partial charge on any atom is -0.000847 e. The summed E-state index contributed by atoms with van der Waals surface area (Å²) in [6.07, 6.45) is 5.11. The zero-order chi connectivity index (χ0) is 9.80. The number of hydrogen-bond acceptors (Lipinski definition) is 1. The van der Waals surface area contributed by atoms with Crippen molar-refractivity contribution in [1.29, 1.82) is 0 Å². The quantitative estimate of drug-likeness (QED) is 0.717.